The summed E-state index contributed by atoms with van der Waals surface area (Å²) < 4.78 is 47.4. The number of carboxylic acids is 1. The van der Waals surface area contributed by atoms with E-state index in [1.165, 1.54) is 48.0 Å². The Kier molecular flexibility index (Phi) is 6.01. The van der Waals surface area contributed by atoms with Gasteiger partial charge in [0.15, 0.2) is 0 Å². The molecule has 8 nitrogen and oxygen atoms in total. The number of anilines is 1. The molecular formula is C23H20FN3O5S. The van der Waals surface area contributed by atoms with Gasteiger partial charge < -0.3 is 9.84 Å². The second-order valence-corrected chi connectivity index (χ2v) is 9.21. The summed E-state index contributed by atoms with van der Waals surface area (Å²) >= 11 is 0. The van der Waals surface area contributed by atoms with Crippen molar-refractivity contribution in [3.8, 4) is 17.0 Å². The molecule has 0 atom stereocenters. The maximum absolute atomic E-state index is 13.4. The third kappa shape index (κ3) is 4.80. The van der Waals surface area contributed by atoms with E-state index in [-0.39, 0.29) is 40.6 Å². The third-order valence-corrected chi connectivity index (χ3v) is 6.24. The Morgan fingerprint density at radius 3 is 2.48 bits per heavy atom. The summed E-state index contributed by atoms with van der Waals surface area (Å²) in [5, 5.41) is 14.2. The summed E-state index contributed by atoms with van der Waals surface area (Å²) in [6.07, 6.45) is 1.36. The molecule has 170 valence electrons. The molecule has 0 aliphatic heterocycles. The zero-order valence-corrected chi connectivity index (χ0v) is 18.3. The predicted octanol–water partition coefficient (Wildman–Crippen LogP) is 4.18. The molecule has 0 bridgehead atoms. The minimum absolute atomic E-state index is 0.115. The van der Waals surface area contributed by atoms with E-state index < -0.39 is 21.8 Å². The lowest BCUT2D eigenvalue weighted by Crippen LogP contribution is -2.16. The molecule has 4 aromatic rings. The summed E-state index contributed by atoms with van der Waals surface area (Å²) in [6, 6.07) is 16.0. The quantitative estimate of drug-likeness (QED) is 0.401. The van der Waals surface area contributed by atoms with Gasteiger partial charge in [-0.1, -0.05) is 30.3 Å². The zero-order valence-electron chi connectivity index (χ0n) is 17.5. The smallest absolute Gasteiger partial charge is 0.340 e. The van der Waals surface area contributed by atoms with Crippen LogP contribution in [-0.4, -0.2) is 34.9 Å². The molecule has 2 heterocycles. The highest BCUT2D eigenvalue weighted by Gasteiger charge is 2.23. The number of rotatable bonds is 8. The Hall–Kier alpha value is -3.92. The minimum atomic E-state index is -3.65. The van der Waals surface area contributed by atoms with Crippen molar-refractivity contribution in [1.29, 1.82) is 0 Å². The van der Waals surface area contributed by atoms with Crippen LogP contribution in [0, 0.1) is 5.82 Å². The van der Waals surface area contributed by atoms with E-state index >= 15 is 0 Å². The number of halogens is 1. The van der Waals surface area contributed by atoms with Crippen molar-refractivity contribution in [2.24, 2.45) is 0 Å². The Morgan fingerprint density at radius 1 is 1.15 bits per heavy atom. The molecule has 0 radical (unpaired) electrons. The van der Waals surface area contributed by atoms with Crippen molar-refractivity contribution in [2.45, 2.75) is 13.5 Å². The van der Waals surface area contributed by atoms with Gasteiger partial charge in [0, 0.05) is 11.6 Å². The van der Waals surface area contributed by atoms with Crippen molar-refractivity contribution in [3.63, 3.8) is 0 Å². The number of hydrogen-bond donors (Lipinski definition) is 2. The van der Waals surface area contributed by atoms with Crippen LogP contribution in [0.15, 0.2) is 66.9 Å². The van der Waals surface area contributed by atoms with Gasteiger partial charge in [-0.25, -0.2) is 22.1 Å². The number of hydrogen-bond acceptors (Lipinski definition) is 5. The fraction of sp³-hybridized carbons (Fsp3) is 0.130. The summed E-state index contributed by atoms with van der Waals surface area (Å²) in [5.74, 6) is -1.72. The van der Waals surface area contributed by atoms with Crippen LogP contribution >= 0.6 is 0 Å². The molecule has 2 N–H and O–H groups in total. The molecule has 2 aromatic heterocycles. The molecule has 4 rings (SSSR count). The highest BCUT2D eigenvalue weighted by Crippen LogP contribution is 2.33. The highest BCUT2D eigenvalue weighted by atomic mass is 32.2. The number of fused-ring (bicyclic) bond motifs is 1. The number of benzene rings is 2. The lowest BCUT2D eigenvalue weighted by Gasteiger charge is -2.14. The van der Waals surface area contributed by atoms with Crippen LogP contribution in [0.25, 0.3) is 16.8 Å². The first-order chi connectivity index (χ1) is 15.8. The van der Waals surface area contributed by atoms with Crippen LogP contribution in [0.1, 0.15) is 22.8 Å². The number of carboxylic acid groups (broad SMARTS) is 1. The standard InChI is InChI=1S/C23H20FN3O5S/c1-2-33(30,31)26-18-13-27-19(12-20(18)32-14-15-6-4-3-5-7-15)21(23(28)29)22(25-27)16-8-10-17(24)11-9-16/h3-13,26H,2,14H2,1H3,(H,28,29). The number of aromatic nitrogens is 2. The molecule has 0 aliphatic rings. The van der Waals surface area contributed by atoms with E-state index in [1.807, 2.05) is 30.3 Å². The van der Waals surface area contributed by atoms with Crippen molar-refractivity contribution in [2.75, 3.05) is 10.5 Å². The van der Waals surface area contributed by atoms with Crippen LogP contribution in [-0.2, 0) is 16.6 Å². The Balaban J connectivity index is 1.86. The fourth-order valence-corrected chi connectivity index (χ4v) is 3.90. The zero-order chi connectivity index (χ0) is 23.6. The number of carbonyl (C=O) groups is 1. The van der Waals surface area contributed by atoms with E-state index in [1.54, 1.807) is 0 Å². The van der Waals surface area contributed by atoms with Crippen molar-refractivity contribution in [1.82, 2.24) is 9.61 Å². The first-order valence-corrected chi connectivity index (χ1v) is 11.7. The predicted molar refractivity (Wildman–Crippen MR) is 121 cm³/mol. The maximum atomic E-state index is 13.4. The van der Waals surface area contributed by atoms with Crippen molar-refractivity contribution in [3.05, 3.63) is 83.8 Å². The first-order valence-electron chi connectivity index (χ1n) is 10.00. The number of nitrogens with one attached hydrogen (secondary N) is 1. The molecule has 10 heteroatoms. The fourth-order valence-electron chi connectivity index (χ4n) is 3.26. The number of aromatic carboxylic acids is 1. The lowest BCUT2D eigenvalue weighted by atomic mass is 10.1. The van der Waals surface area contributed by atoms with Gasteiger partial charge in [-0.15, -0.1) is 0 Å². The summed E-state index contributed by atoms with van der Waals surface area (Å²) in [4.78, 5) is 12.1. The molecule has 0 unspecified atom stereocenters. The van der Waals surface area contributed by atoms with Crippen LogP contribution in [0.5, 0.6) is 5.75 Å². The summed E-state index contributed by atoms with van der Waals surface area (Å²) in [7, 11) is -3.65. The van der Waals surface area contributed by atoms with Gasteiger partial charge in [-0.3, -0.25) is 4.72 Å². The van der Waals surface area contributed by atoms with Crippen LogP contribution in [0.3, 0.4) is 0 Å². The minimum Gasteiger partial charge on any atom is -0.487 e. The normalized spacial score (nSPS) is 11.5. The molecule has 2 aromatic carbocycles. The van der Waals surface area contributed by atoms with Gasteiger partial charge in [0.2, 0.25) is 10.0 Å². The van der Waals surface area contributed by atoms with Gasteiger partial charge in [-0.2, -0.15) is 5.10 Å². The monoisotopic (exact) mass is 469 g/mol. The van der Waals surface area contributed by atoms with E-state index in [2.05, 4.69) is 9.82 Å². The number of sulfonamides is 1. The van der Waals surface area contributed by atoms with E-state index in [9.17, 15) is 22.7 Å². The van der Waals surface area contributed by atoms with Gasteiger partial charge in [0.25, 0.3) is 0 Å². The van der Waals surface area contributed by atoms with Crippen LogP contribution in [0.2, 0.25) is 0 Å². The summed E-state index contributed by atoms with van der Waals surface area (Å²) in [5.41, 5.74) is 1.57. The molecule has 0 saturated heterocycles. The second kappa shape index (κ2) is 8.91. The maximum Gasteiger partial charge on any atom is 0.340 e. The van der Waals surface area contributed by atoms with Gasteiger partial charge in [0.1, 0.15) is 35.1 Å². The lowest BCUT2D eigenvalue weighted by molar-refractivity contribution is 0.0700. The number of nitrogens with zero attached hydrogens (tertiary/aromatic N) is 2. The van der Waals surface area contributed by atoms with Gasteiger partial charge >= 0.3 is 5.97 Å². The van der Waals surface area contributed by atoms with Crippen LogP contribution < -0.4 is 9.46 Å². The number of ether oxygens (including phenoxy) is 1. The van der Waals surface area contributed by atoms with E-state index in [0.29, 0.717) is 5.56 Å². The Bertz CT molecular complexity index is 1420. The molecule has 0 fully saturated rings. The molecule has 0 amide bonds. The van der Waals surface area contributed by atoms with E-state index in [4.69, 9.17) is 4.74 Å². The van der Waals surface area contributed by atoms with Crippen molar-refractivity contribution >= 4 is 27.2 Å². The van der Waals surface area contributed by atoms with E-state index in [0.717, 1.165) is 5.56 Å². The Labute approximate surface area is 189 Å². The average molecular weight is 469 g/mol. The highest BCUT2D eigenvalue weighted by molar-refractivity contribution is 7.92. The molecule has 0 aliphatic carbocycles. The Morgan fingerprint density at radius 2 is 1.85 bits per heavy atom. The SMILES string of the molecule is CCS(=O)(=O)Nc1cn2nc(-c3ccc(F)cc3)c(C(=O)O)c2cc1OCc1ccccc1. The third-order valence-electron chi connectivity index (χ3n) is 4.95. The topological polar surface area (TPSA) is 110 Å². The second-order valence-electron chi connectivity index (χ2n) is 7.20. The van der Waals surface area contributed by atoms with Gasteiger partial charge in [-0.05, 0) is 36.8 Å². The molecule has 33 heavy (non-hydrogen) atoms. The number of pyridine rings is 1. The largest absolute Gasteiger partial charge is 0.487 e. The molecular weight excluding hydrogens is 449 g/mol. The summed E-state index contributed by atoms with van der Waals surface area (Å²) in [6.45, 7) is 1.63. The average Bonchev–Trinajstić information content (AvgIpc) is 3.17. The van der Waals surface area contributed by atoms with Crippen molar-refractivity contribution < 1.29 is 27.4 Å². The van der Waals surface area contributed by atoms with Crippen LogP contribution in [0.4, 0.5) is 10.1 Å². The molecule has 0 saturated carbocycles. The first kappa shape index (κ1) is 22.3. The van der Waals surface area contributed by atoms with Gasteiger partial charge in [0.05, 0.1) is 17.5 Å². The molecule has 0 spiro atoms.